The molecule has 0 heterocycles. The Kier molecular flexibility index (Phi) is 6.93. The highest BCUT2D eigenvalue weighted by atomic mass is 19.2. The van der Waals surface area contributed by atoms with Crippen LogP contribution >= 0.6 is 0 Å². The fourth-order valence-corrected chi connectivity index (χ4v) is 1.70. The van der Waals surface area contributed by atoms with Crippen LogP contribution in [0.5, 0.6) is 0 Å². The van der Waals surface area contributed by atoms with E-state index in [4.69, 9.17) is 10.5 Å². The van der Waals surface area contributed by atoms with Gasteiger partial charge in [0.2, 0.25) is 0 Å². The summed E-state index contributed by atoms with van der Waals surface area (Å²) in [5.74, 6) is -14.9. The molecule has 0 radical (unpaired) electrons. The van der Waals surface area contributed by atoms with Crippen molar-refractivity contribution >= 4 is 12.6 Å². The third-order valence-corrected chi connectivity index (χ3v) is 3.05. The van der Waals surface area contributed by atoms with Crippen LogP contribution in [-0.2, 0) is 0 Å². The van der Waals surface area contributed by atoms with Gasteiger partial charge in [0.1, 0.15) is 23.3 Å². The average Bonchev–Trinajstić information content (AvgIpc) is 2.67. The second-order valence-corrected chi connectivity index (χ2v) is 4.55. The van der Waals surface area contributed by atoms with E-state index in [1.165, 1.54) is 0 Å². The Morgan fingerprint density at radius 1 is 0.500 bits per heavy atom. The van der Waals surface area contributed by atoms with E-state index in [2.05, 4.69) is 0 Å². The molecule has 12 heteroatoms. The van der Waals surface area contributed by atoms with E-state index in [9.17, 15) is 44.7 Å². The summed E-state index contributed by atoms with van der Waals surface area (Å²) in [6, 6.07) is 1.91. The molecule has 0 fully saturated rings. The first-order valence-corrected chi connectivity index (χ1v) is 6.51. The summed E-state index contributed by atoms with van der Waals surface area (Å²) in [5.41, 5.74) is -5.49. The zero-order chi connectivity index (χ0) is 21.8. The zero-order valence-corrected chi connectivity index (χ0v) is 12.9. The summed E-state index contributed by atoms with van der Waals surface area (Å²) in [6.07, 6.45) is -0.739. The molecule has 0 saturated heterocycles. The first kappa shape index (κ1) is 22.2. The molecule has 2 rings (SSSR count). The number of rotatable bonds is 2. The first-order valence-electron chi connectivity index (χ1n) is 6.51. The quantitative estimate of drug-likeness (QED) is 0.431. The minimum absolute atomic E-state index is 0.370. The first-order chi connectivity index (χ1) is 13.1. The number of aldehydes is 2. The highest BCUT2D eigenvalue weighted by molar-refractivity contribution is 5.81. The molecule has 2 aromatic carbocycles. The van der Waals surface area contributed by atoms with Gasteiger partial charge in [0.25, 0.3) is 0 Å². The number of halogens is 8. The Bertz CT molecular complexity index is 928. The molecule has 0 atom stereocenters. The topological polar surface area (TPSA) is 81.7 Å². The van der Waals surface area contributed by atoms with Gasteiger partial charge in [0.15, 0.2) is 59.1 Å². The molecule has 0 spiro atoms. The largest absolute Gasteiger partial charge is 0.298 e. The van der Waals surface area contributed by atoms with Crippen LogP contribution in [0.15, 0.2) is 0 Å². The molecule has 0 aliphatic heterocycles. The molecular weight excluding hydrogens is 404 g/mol. The van der Waals surface area contributed by atoms with Gasteiger partial charge in [0.05, 0.1) is 11.1 Å². The van der Waals surface area contributed by atoms with Gasteiger partial charge in [-0.25, -0.2) is 35.1 Å². The Morgan fingerprint density at radius 3 is 0.857 bits per heavy atom. The highest BCUT2D eigenvalue weighted by Crippen LogP contribution is 2.23. The van der Waals surface area contributed by atoms with Crippen LogP contribution in [0.3, 0.4) is 0 Å². The maximum atomic E-state index is 12.7. The van der Waals surface area contributed by atoms with Crippen molar-refractivity contribution in [2.24, 2.45) is 0 Å². The number of hydrogen-bond donors (Lipinski definition) is 0. The van der Waals surface area contributed by atoms with Crippen molar-refractivity contribution in [3.63, 3.8) is 0 Å². The van der Waals surface area contributed by atoms with Gasteiger partial charge in [0, 0.05) is 0 Å². The summed E-state index contributed by atoms with van der Waals surface area (Å²) in [6.45, 7) is 0. The third kappa shape index (κ3) is 3.66. The Balaban J connectivity index is 0.000000280. The predicted molar refractivity (Wildman–Crippen MR) is 72.8 cm³/mol. The molecule has 0 bridgehead atoms. The summed E-state index contributed by atoms with van der Waals surface area (Å²) in [7, 11) is 0. The minimum Gasteiger partial charge on any atom is -0.298 e. The van der Waals surface area contributed by atoms with Crippen LogP contribution < -0.4 is 0 Å². The SMILES string of the molecule is N#Cc1c(F)c(F)c(C#N)c(F)c1F.O=Cc1c(F)c(F)c(C=O)c(F)c1F. The fraction of sp³-hybridized carbons (Fsp3) is 0. The smallest absolute Gasteiger partial charge is 0.181 e. The van der Waals surface area contributed by atoms with Crippen molar-refractivity contribution in [3.05, 3.63) is 68.8 Å². The molecule has 0 aromatic heterocycles. The number of carbonyl (C=O) groups is 2. The van der Waals surface area contributed by atoms with E-state index < -0.39 is 68.8 Å². The van der Waals surface area contributed by atoms with E-state index in [0.717, 1.165) is 12.1 Å². The van der Waals surface area contributed by atoms with E-state index in [-0.39, 0.29) is 12.6 Å². The molecular formula is C16H2F8N2O2. The van der Waals surface area contributed by atoms with Gasteiger partial charge in [-0.05, 0) is 0 Å². The molecule has 0 aliphatic carbocycles. The number of carbonyl (C=O) groups excluding carboxylic acids is 2. The fourth-order valence-electron chi connectivity index (χ4n) is 1.70. The normalized spacial score (nSPS) is 9.64. The van der Waals surface area contributed by atoms with Crippen molar-refractivity contribution in [3.8, 4) is 12.1 Å². The van der Waals surface area contributed by atoms with Crippen LogP contribution in [0.25, 0.3) is 0 Å². The predicted octanol–water partition coefficient (Wildman–Crippen LogP) is 3.85. The Labute approximate surface area is 149 Å². The lowest BCUT2D eigenvalue weighted by Gasteiger charge is -2.03. The summed E-state index contributed by atoms with van der Waals surface area (Å²) in [5, 5.41) is 16.3. The number of hydrogen-bond acceptors (Lipinski definition) is 4. The minimum atomic E-state index is -1.87. The molecule has 4 nitrogen and oxygen atoms in total. The van der Waals surface area contributed by atoms with E-state index in [0.29, 0.717) is 0 Å². The summed E-state index contributed by atoms with van der Waals surface area (Å²) in [4.78, 5) is 20.1. The van der Waals surface area contributed by atoms with Crippen molar-refractivity contribution in [1.82, 2.24) is 0 Å². The lowest BCUT2D eigenvalue weighted by atomic mass is 10.1. The van der Waals surface area contributed by atoms with Crippen molar-refractivity contribution in [2.75, 3.05) is 0 Å². The summed E-state index contributed by atoms with van der Waals surface area (Å²) >= 11 is 0. The lowest BCUT2D eigenvalue weighted by molar-refractivity contribution is 0.109. The van der Waals surface area contributed by atoms with Crippen LogP contribution in [0.1, 0.15) is 31.8 Å². The summed E-state index contributed by atoms with van der Waals surface area (Å²) < 4.78 is 102. The van der Waals surface area contributed by atoms with Crippen LogP contribution in [0, 0.1) is 69.2 Å². The maximum absolute atomic E-state index is 12.7. The van der Waals surface area contributed by atoms with E-state index in [1.54, 1.807) is 0 Å². The Hall–Kier alpha value is -3.80. The second-order valence-electron chi connectivity index (χ2n) is 4.55. The second kappa shape index (κ2) is 8.73. The number of nitriles is 2. The van der Waals surface area contributed by atoms with Gasteiger partial charge in [-0.15, -0.1) is 0 Å². The molecule has 144 valence electrons. The Morgan fingerprint density at radius 2 is 0.714 bits per heavy atom. The molecule has 0 amide bonds. The highest BCUT2D eigenvalue weighted by Gasteiger charge is 2.25. The maximum Gasteiger partial charge on any atom is 0.181 e. The number of nitrogens with zero attached hydrogens (tertiary/aromatic N) is 2. The van der Waals surface area contributed by atoms with Crippen molar-refractivity contribution in [1.29, 1.82) is 10.5 Å². The third-order valence-electron chi connectivity index (χ3n) is 3.05. The van der Waals surface area contributed by atoms with Crippen LogP contribution in [0.4, 0.5) is 35.1 Å². The van der Waals surface area contributed by atoms with Crippen LogP contribution in [-0.4, -0.2) is 12.6 Å². The van der Waals surface area contributed by atoms with Gasteiger partial charge in [-0.3, -0.25) is 9.59 Å². The van der Waals surface area contributed by atoms with Crippen LogP contribution in [0.2, 0.25) is 0 Å². The lowest BCUT2D eigenvalue weighted by Crippen LogP contribution is -2.07. The average molecular weight is 406 g/mol. The standard InChI is InChI=1S/C8F4N2.C8H2F4O2/c2*9-5-3(1-13)6(10)8(12)4(2-14)7(5)11/h;1-2H. The van der Waals surface area contributed by atoms with Crippen molar-refractivity contribution in [2.45, 2.75) is 0 Å². The molecule has 0 saturated carbocycles. The monoisotopic (exact) mass is 406 g/mol. The van der Waals surface area contributed by atoms with Crippen molar-refractivity contribution < 1.29 is 44.7 Å². The van der Waals surface area contributed by atoms with Gasteiger partial charge in [-0.2, -0.15) is 10.5 Å². The van der Waals surface area contributed by atoms with E-state index in [1.807, 2.05) is 0 Å². The zero-order valence-electron chi connectivity index (χ0n) is 12.9. The molecule has 28 heavy (non-hydrogen) atoms. The molecule has 2 aromatic rings. The van der Waals surface area contributed by atoms with Gasteiger partial charge < -0.3 is 0 Å². The molecule has 0 N–H and O–H groups in total. The molecule has 0 aliphatic rings. The van der Waals surface area contributed by atoms with E-state index >= 15 is 0 Å². The number of benzene rings is 2. The van der Waals surface area contributed by atoms with Gasteiger partial charge >= 0.3 is 0 Å². The molecule has 0 unspecified atom stereocenters. The van der Waals surface area contributed by atoms with Gasteiger partial charge in [-0.1, -0.05) is 0 Å².